The number of carbonyl (C=O) groups excluding carboxylic acids is 1. The summed E-state index contributed by atoms with van der Waals surface area (Å²) in [6, 6.07) is 7.44. The average molecular weight is 261 g/mol. The van der Waals surface area contributed by atoms with Crippen LogP contribution in [-0.2, 0) is 0 Å². The highest BCUT2D eigenvalue weighted by atomic mass is 16.5. The SMILES string of the molecule is CC1(COc2cccc(C(=O)CCN)c2)CCCC1. The molecule has 0 spiro atoms. The molecule has 0 atom stereocenters. The van der Waals surface area contributed by atoms with Gasteiger partial charge < -0.3 is 10.5 Å². The van der Waals surface area contributed by atoms with E-state index in [-0.39, 0.29) is 5.78 Å². The fourth-order valence-electron chi connectivity index (χ4n) is 2.67. The molecule has 3 nitrogen and oxygen atoms in total. The van der Waals surface area contributed by atoms with Crippen LogP contribution in [0.15, 0.2) is 24.3 Å². The average Bonchev–Trinajstić information content (AvgIpc) is 2.85. The fourth-order valence-corrected chi connectivity index (χ4v) is 2.67. The lowest BCUT2D eigenvalue weighted by Gasteiger charge is -2.23. The summed E-state index contributed by atoms with van der Waals surface area (Å²) in [7, 11) is 0. The van der Waals surface area contributed by atoms with Gasteiger partial charge in [0.25, 0.3) is 0 Å². The summed E-state index contributed by atoms with van der Waals surface area (Å²) in [6.45, 7) is 3.41. The summed E-state index contributed by atoms with van der Waals surface area (Å²) in [5.74, 6) is 0.871. The van der Waals surface area contributed by atoms with Crippen molar-refractivity contribution in [2.24, 2.45) is 11.1 Å². The van der Waals surface area contributed by atoms with Gasteiger partial charge in [-0.3, -0.25) is 4.79 Å². The van der Waals surface area contributed by atoms with E-state index in [1.165, 1.54) is 25.7 Å². The highest BCUT2D eigenvalue weighted by Crippen LogP contribution is 2.37. The minimum Gasteiger partial charge on any atom is -0.493 e. The molecule has 104 valence electrons. The normalized spacial score (nSPS) is 17.4. The summed E-state index contributed by atoms with van der Waals surface area (Å²) in [6.07, 6.45) is 5.46. The molecule has 1 aliphatic rings. The van der Waals surface area contributed by atoms with E-state index in [1.54, 1.807) is 0 Å². The van der Waals surface area contributed by atoms with Crippen LogP contribution in [-0.4, -0.2) is 18.9 Å². The van der Waals surface area contributed by atoms with Gasteiger partial charge in [0.1, 0.15) is 5.75 Å². The number of hydrogen-bond donors (Lipinski definition) is 1. The molecule has 0 amide bonds. The standard InChI is InChI=1S/C16H23NO2/c1-16(8-2-3-9-16)12-19-14-6-4-5-13(11-14)15(18)7-10-17/h4-6,11H,2-3,7-10,12,17H2,1H3. The zero-order valence-corrected chi connectivity index (χ0v) is 11.7. The molecule has 0 saturated heterocycles. The molecule has 2 N–H and O–H groups in total. The van der Waals surface area contributed by atoms with Crippen LogP contribution in [0.25, 0.3) is 0 Å². The van der Waals surface area contributed by atoms with Gasteiger partial charge in [0.2, 0.25) is 0 Å². The molecule has 0 aromatic heterocycles. The van der Waals surface area contributed by atoms with Crippen molar-refractivity contribution in [2.75, 3.05) is 13.2 Å². The first kappa shape index (κ1) is 14.1. The molecular weight excluding hydrogens is 238 g/mol. The molecule has 1 aromatic rings. The molecule has 2 rings (SSSR count). The second kappa shape index (κ2) is 6.20. The Bertz CT molecular complexity index is 436. The maximum absolute atomic E-state index is 11.8. The number of benzene rings is 1. The van der Waals surface area contributed by atoms with Crippen LogP contribution in [0.4, 0.5) is 0 Å². The summed E-state index contributed by atoms with van der Waals surface area (Å²) in [5.41, 5.74) is 6.41. The van der Waals surface area contributed by atoms with Crippen LogP contribution >= 0.6 is 0 Å². The van der Waals surface area contributed by atoms with Gasteiger partial charge in [-0.05, 0) is 31.5 Å². The Morgan fingerprint density at radius 3 is 2.79 bits per heavy atom. The van der Waals surface area contributed by atoms with E-state index in [2.05, 4.69) is 6.92 Å². The number of nitrogens with two attached hydrogens (primary N) is 1. The van der Waals surface area contributed by atoms with E-state index in [0.29, 0.717) is 23.9 Å². The Balaban J connectivity index is 1.97. The largest absolute Gasteiger partial charge is 0.493 e. The van der Waals surface area contributed by atoms with Gasteiger partial charge in [-0.2, -0.15) is 0 Å². The molecule has 1 aliphatic carbocycles. The summed E-state index contributed by atoms with van der Waals surface area (Å²) in [5, 5.41) is 0. The van der Waals surface area contributed by atoms with Crippen molar-refractivity contribution in [1.82, 2.24) is 0 Å². The molecule has 1 aromatic carbocycles. The third-order valence-electron chi connectivity index (χ3n) is 3.93. The molecule has 0 bridgehead atoms. The van der Waals surface area contributed by atoms with Gasteiger partial charge in [-0.1, -0.05) is 31.9 Å². The zero-order valence-electron chi connectivity index (χ0n) is 11.7. The first-order valence-electron chi connectivity index (χ1n) is 7.09. The van der Waals surface area contributed by atoms with Crippen LogP contribution in [0.5, 0.6) is 5.75 Å². The maximum Gasteiger partial charge on any atom is 0.164 e. The lowest BCUT2D eigenvalue weighted by molar-refractivity contribution is 0.0984. The van der Waals surface area contributed by atoms with E-state index < -0.39 is 0 Å². The fraction of sp³-hybridized carbons (Fsp3) is 0.562. The molecule has 0 heterocycles. The van der Waals surface area contributed by atoms with Crippen LogP contribution < -0.4 is 10.5 Å². The van der Waals surface area contributed by atoms with Crippen molar-refractivity contribution in [3.8, 4) is 5.75 Å². The Kier molecular flexibility index (Phi) is 4.59. The first-order valence-corrected chi connectivity index (χ1v) is 7.09. The topological polar surface area (TPSA) is 52.3 Å². The van der Waals surface area contributed by atoms with Gasteiger partial charge in [-0.15, -0.1) is 0 Å². The maximum atomic E-state index is 11.8. The van der Waals surface area contributed by atoms with Gasteiger partial charge in [-0.25, -0.2) is 0 Å². The van der Waals surface area contributed by atoms with Crippen molar-refractivity contribution in [3.63, 3.8) is 0 Å². The van der Waals surface area contributed by atoms with Crippen LogP contribution in [0, 0.1) is 5.41 Å². The van der Waals surface area contributed by atoms with Gasteiger partial charge >= 0.3 is 0 Å². The highest BCUT2D eigenvalue weighted by Gasteiger charge is 2.29. The van der Waals surface area contributed by atoms with Gasteiger partial charge in [0.15, 0.2) is 5.78 Å². The van der Waals surface area contributed by atoms with Crippen molar-refractivity contribution < 1.29 is 9.53 Å². The molecule has 0 unspecified atom stereocenters. The predicted octanol–water partition coefficient (Wildman–Crippen LogP) is 3.18. The molecule has 0 aliphatic heterocycles. The number of Topliss-reactive ketones (excluding diaryl/α,β-unsaturated/α-hetero) is 1. The monoisotopic (exact) mass is 261 g/mol. The van der Waals surface area contributed by atoms with E-state index in [9.17, 15) is 4.79 Å². The number of hydrogen-bond acceptors (Lipinski definition) is 3. The third kappa shape index (κ3) is 3.80. The second-order valence-corrected chi connectivity index (χ2v) is 5.80. The smallest absolute Gasteiger partial charge is 0.164 e. The number of ketones is 1. The van der Waals surface area contributed by atoms with Crippen molar-refractivity contribution >= 4 is 5.78 Å². The van der Waals surface area contributed by atoms with E-state index in [4.69, 9.17) is 10.5 Å². The molecule has 1 fully saturated rings. The Morgan fingerprint density at radius 1 is 1.37 bits per heavy atom. The van der Waals surface area contributed by atoms with E-state index in [1.807, 2.05) is 24.3 Å². The number of carbonyl (C=O) groups is 1. The number of rotatable bonds is 6. The minimum atomic E-state index is 0.0834. The summed E-state index contributed by atoms with van der Waals surface area (Å²) >= 11 is 0. The quantitative estimate of drug-likeness (QED) is 0.800. The van der Waals surface area contributed by atoms with Gasteiger partial charge in [0, 0.05) is 17.4 Å². The predicted molar refractivity (Wildman–Crippen MR) is 76.5 cm³/mol. The highest BCUT2D eigenvalue weighted by molar-refractivity contribution is 5.96. The van der Waals surface area contributed by atoms with Crippen LogP contribution in [0.1, 0.15) is 49.4 Å². The van der Waals surface area contributed by atoms with Crippen molar-refractivity contribution in [2.45, 2.75) is 39.0 Å². The second-order valence-electron chi connectivity index (χ2n) is 5.80. The summed E-state index contributed by atoms with van der Waals surface area (Å²) in [4.78, 5) is 11.8. The lowest BCUT2D eigenvalue weighted by Crippen LogP contribution is -2.21. The molecule has 3 heteroatoms. The Morgan fingerprint density at radius 2 is 2.11 bits per heavy atom. The van der Waals surface area contributed by atoms with Crippen LogP contribution in [0.3, 0.4) is 0 Å². The van der Waals surface area contributed by atoms with Crippen molar-refractivity contribution in [3.05, 3.63) is 29.8 Å². The van der Waals surface area contributed by atoms with Crippen LogP contribution in [0.2, 0.25) is 0 Å². The third-order valence-corrected chi connectivity index (χ3v) is 3.93. The van der Waals surface area contributed by atoms with Crippen molar-refractivity contribution in [1.29, 1.82) is 0 Å². The van der Waals surface area contributed by atoms with E-state index >= 15 is 0 Å². The Labute approximate surface area is 115 Å². The van der Waals surface area contributed by atoms with E-state index in [0.717, 1.165) is 12.4 Å². The zero-order chi connectivity index (χ0) is 13.7. The lowest BCUT2D eigenvalue weighted by atomic mass is 9.90. The minimum absolute atomic E-state index is 0.0834. The Hall–Kier alpha value is -1.35. The first-order chi connectivity index (χ1) is 9.13. The summed E-state index contributed by atoms with van der Waals surface area (Å²) < 4.78 is 5.88. The number of ether oxygens (including phenoxy) is 1. The van der Waals surface area contributed by atoms with Gasteiger partial charge in [0.05, 0.1) is 6.61 Å². The molecule has 19 heavy (non-hydrogen) atoms. The molecule has 0 radical (unpaired) electrons. The molecular formula is C16H23NO2. The molecule has 1 saturated carbocycles.